The van der Waals surface area contributed by atoms with E-state index in [0.717, 1.165) is 0 Å². The maximum Gasteiger partial charge on any atom is 0.271 e. The first kappa shape index (κ1) is 13.4. The van der Waals surface area contributed by atoms with E-state index in [1.165, 1.54) is 0 Å². The van der Waals surface area contributed by atoms with Crippen molar-refractivity contribution >= 4 is 11.8 Å². The van der Waals surface area contributed by atoms with Crippen molar-refractivity contribution in [3.63, 3.8) is 0 Å². The van der Waals surface area contributed by atoms with Crippen molar-refractivity contribution in [3.05, 3.63) is 11.8 Å². The Morgan fingerprint density at radius 1 is 1.53 bits per heavy atom. The Labute approximate surface area is 111 Å². The molecule has 0 bridgehead atoms. The number of fused-ring (bicyclic) bond motifs is 1. The quantitative estimate of drug-likeness (QED) is 0.780. The highest BCUT2D eigenvalue weighted by Crippen LogP contribution is 2.18. The summed E-state index contributed by atoms with van der Waals surface area (Å²) in [7, 11) is 0. The molecule has 1 aromatic heterocycles. The number of aromatic nitrogens is 2. The van der Waals surface area contributed by atoms with Gasteiger partial charge in [0.05, 0.1) is 6.54 Å². The van der Waals surface area contributed by atoms with Crippen molar-refractivity contribution < 1.29 is 14.3 Å². The molecule has 0 radical (unpaired) electrons. The lowest BCUT2D eigenvalue weighted by Crippen LogP contribution is -2.34. The van der Waals surface area contributed by atoms with Gasteiger partial charge in [0.2, 0.25) is 11.8 Å². The minimum atomic E-state index is -0.289. The number of carbonyl (C=O) groups excluding carboxylic acids is 2. The summed E-state index contributed by atoms with van der Waals surface area (Å²) in [6.07, 6.45) is 0.258. The van der Waals surface area contributed by atoms with Gasteiger partial charge in [-0.05, 0) is 13.8 Å². The van der Waals surface area contributed by atoms with Crippen molar-refractivity contribution in [2.75, 3.05) is 13.2 Å². The van der Waals surface area contributed by atoms with Crippen LogP contribution in [-0.4, -0.2) is 40.8 Å². The number of amides is 2. The lowest BCUT2D eigenvalue weighted by molar-refractivity contribution is -0.121. The van der Waals surface area contributed by atoms with Gasteiger partial charge in [-0.25, -0.2) is 4.68 Å². The van der Waals surface area contributed by atoms with E-state index in [9.17, 15) is 9.59 Å². The second-order valence-corrected chi connectivity index (χ2v) is 4.67. The Morgan fingerprint density at radius 2 is 2.32 bits per heavy atom. The summed E-state index contributed by atoms with van der Waals surface area (Å²) in [6, 6.07) is 1.72. The van der Waals surface area contributed by atoms with E-state index in [1.54, 1.807) is 10.7 Å². The molecule has 2 amide bonds. The Kier molecular flexibility index (Phi) is 4.03. The van der Waals surface area contributed by atoms with Crippen LogP contribution in [0.15, 0.2) is 6.07 Å². The third-order valence-corrected chi connectivity index (χ3v) is 2.62. The van der Waals surface area contributed by atoms with Crippen LogP contribution in [0.25, 0.3) is 0 Å². The second kappa shape index (κ2) is 5.73. The van der Waals surface area contributed by atoms with Crippen LogP contribution < -0.4 is 15.4 Å². The molecule has 0 saturated carbocycles. The third-order valence-electron chi connectivity index (χ3n) is 2.62. The van der Waals surface area contributed by atoms with Gasteiger partial charge in [-0.2, -0.15) is 5.10 Å². The molecular formula is C12H18N4O3. The SMILES string of the molecule is CC(C)NC(=O)CCNC(=O)c1cc2n(n1)CCO2. The van der Waals surface area contributed by atoms with Crippen molar-refractivity contribution in [2.45, 2.75) is 32.9 Å². The number of nitrogens with one attached hydrogen (secondary N) is 2. The fourth-order valence-corrected chi connectivity index (χ4v) is 1.80. The highest BCUT2D eigenvalue weighted by molar-refractivity contribution is 5.92. The molecule has 1 aromatic rings. The van der Waals surface area contributed by atoms with Gasteiger partial charge >= 0.3 is 0 Å². The summed E-state index contributed by atoms with van der Waals surface area (Å²) in [5.41, 5.74) is 0.318. The molecule has 104 valence electrons. The fraction of sp³-hybridized carbons (Fsp3) is 0.583. The topological polar surface area (TPSA) is 85.3 Å². The maximum absolute atomic E-state index is 11.8. The van der Waals surface area contributed by atoms with Crippen LogP contribution in [0, 0.1) is 0 Å². The molecule has 0 aromatic carbocycles. The van der Waals surface area contributed by atoms with Gasteiger partial charge in [-0.1, -0.05) is 0 Å². The van der Waals surface area contributed by atoms with Gasteiger partial charge in [0, 0.05) is 25.1 Å². The van der Waals surface area contributed by atoms with Gasteiger partial charge < -0.3 is 15.4 Å². The van der Waals surface area contributed by atoms with Crippen LogP contribution in [0.4, 0.5) is 0 Å². The Bertz CT molecular complexity index is 460. The lowest BCUT2D eigenvalue weighted by atomic mass is 10.3. The predicted molar refractivity (Wildman–Crippen MR) is 68.0 cm³/mol. The van der Waals surface area contributed by atoms with E-state index in [-0.39, 0.29) is 24.3 Å². The minimum absolute atomic E-state index is 0.0778. The lowest BCUT2D eigenvalue weighted by Gasteiger charge is -2.08. The number of rotatable bonds is 5. The molecule has 0 aliphatic carbocycles. The van der Waals surface area contributed by atoms with Crippen LogP contribution >= 0.6 is 0 Å². The summed E-state index contributed by atoms with van der Waals surface area (Å²) in [5.74, 6) is 0.247. The normalized spacial score (nSPS) is 13.0. The van der Waals surface area contributed by atoms with Crippen molar-refractivity contribution in [1.82, 2.24) is 20.4 Å². The highest BCUT2D eigenvalue weighted by atomic mass is 16.5. The molecule has 19 heavy (non-hydrogen) atoms. The van der Waals surface area contributed by atoms with Gasteiger partial charge in [0.15, 0.2) is 5.69 Å². The second-order valence-electron chi connectivity index (χ2n) is 4.67. The molecule has 1 aliphatic heterocycles. The molecule has 7 heteroatoms. The summed E-state index contributed by atoms with van der Waals surface area (Å²) < 4.78 is 6.93. The molecule has 2 heterocycles. The van der Waals surface area contributed by atoms with Crippen LogP contribution in [0.2, 0.25) is 0 Å². The first-order chi connectivity index (χ1) is 9.06. The largest absolute Gasteiger partial charge is 0.476 e. The van der Waals surface area contributed by atoms with E-state index >= 15 is 0 Å². The zero-order valence-corrected chi connectivity index (χ0v) is 11.1. The monoisotopic (exact) mass is 266 g/mol. The molecule has 0 unspecified atom stereocenters. The summed E-state index contributed by atoms with van der Waals surface area (Å²) >= 11 is 0. The Balaban J connectivity index is 1.76. The van der Waals surface area contributed by atoms with Gasteiger partial charge in [-0.3, -0.25) is 9.59 Å². The smallest absolute Gasteiger partial charge is 0.271 e. The molecular weight excluding hydrogens is 248 g/mol. The van der Waals surface area contributed by atoms with E-state index in [1.807, 2.05) is 13.8 Å². The number of nitrogens with zero attached hydrogens (tertiary/aromatic N) is 2. The molecule has 2 rings (SSSR count). The molecule has 0 atom stereocenters. The molecule has 7 nitrogen and oxygen atoms in total. The fourth-order valence-electron chi connectivity index (χ4n) is 1.80. The summed E-state index contributed by atoms with van der Waals surface area (Å²) in [4.78, 5) is 23.2. The van der Waals surface area contributed by atoms with Crippen molar-refractivity contribution in [1.29, 1.82) is 0 Å². The van der Waals surface area contributed by atoms with E-state index in [0.29, 0.717) is 31.3 Å². The van der Waals surface area contributed by atoms with Crippen molar-refractivity contribution in [2.24, 2.45) is 0 Å². The molecule has 1 aliphatic rings. The average molecular weight is 266 g/mol. The zero-order valence-electron chi connectivity index (χ0n) is 11.1. The van der Waals surface area contributed by atoms with Gasteiger partial charge in [0.25, 0.3) is 5.91 Å². The van der Waals surface area contributed by atoms with Gasteiger partial charge in [-0.15, -0.1) is 0 Å². The van der Waals surface area contributed by atoms with E-state index in [4.69, 9.17) is 4.74 Å². The average Bonchev–Trinajstić information content (AvgIpc) is 2.87. The maximum atomic E-state index is 11.8. The van der Waals surface area contributed by atoms with Crippen molar-refractivity contribution in [3.8, 4) is 5.88 Å². The van der Waals surface area contributed by atoms with E-state index in [2.05, 4.69) is 15.7 Å². The third kappa shape index (κ3) is 3.46. The van der Waals surface area contributed by atoms with Crippen LogP contribution in [0.1, 0.15) is 30.8 Å². The summed E-state index contributed by atoms with van der Waals surface area (Å²) in [5, 5.41) is 9.53. The first-order valence-electron chi connectivity index (χ1n) is 6.34. The predicted octanol–water partition coefficient (Wildman–Crippen LogP) is -0.0800. The Morgan fingerprint density at radius 3 is 3.00 bits per heavy atom. The summed E-state index contributed by atoms with van der Waals surface area (Å²) in [6.45, 7) is 5.34. The van der Waals surface area contributed by atoms with Crippen LogP contribution in [0.3, 0.4) is 0 Å². The van der Waals surface area contributed by atoms with E-state index < -0.39 is 0 Å². The minimum Gasteiger partial charge on any atom is -0.476 e. The standard InChI is InChI=1S/C12H18N4O3/c1-8(2)14-10(17)3-4-13-12(18)9-7-11-16(15-9)5-6-19-11/h7-8H,3-6H2,1-2H3,(H,13,18)(H,14,17). The Hall–Kier alpha value is -2.05. The number of ether oxygens (including phenoxy) is 1. The first-order valence-corrected chi connectivity index (χ1v) is 6.34. The number of hydrogen-bond acceptors (Lipinski definition) is 4. The zero-order chi connectivity index (χ0) is 13.8. The molecule has 0 saturated heterocycles. The molecule has 2 N–H and O–H groups in total. The number of carbonyl (C=O) groups is 2. The van der Waals surface area contributed by atoms with Crippen LogP contribution in [0.5, 0.6) is 5.88 Å². The number of hydrogen-bond donors (Lipinski definition) is 2. The van der Waals surface area contributed by atoms with Gasteiger partial charge in [0.1, 0.15) is 6.61 Å². The van der Waals surface area contributed by atoms with Crippen LogP contribution in [-0.2, 0) is 11.3 Å². The molecule has 0 fully saturated rings. The highest BCUT2D eigenvalue weighted by Gasteiger charge is 2.18. The molecule has 0 spiro atoms.